The first-order chi connectivity index (χ1) is 7.17. The molecule has 0 saturated heterocycles. The van der Waals surface area contributed by atoms with Gasteiger partial charge in [-0.15, -0.1) is 0 Å². The molecule has 1 aliphatic rings. The quantitative estimate of drug-likeness (QED) is 0.771. The van der Waals surface area contributed by atoms with E-state index in [-0.39, 0.29) is 11.8 Å². The van der Waals surface area contributed by atoms with Crippen molar-refractivity contribution in [1.29, 1.82) is 0 Å². The standard InChI is InChI=1S/C12H16N2O/c1-3-9-4-8(6-13)5-10-7(2)12(15)14-11(9)10/h4-5,7H,3,6,13H2,1-2H3,(H,14,15). The maximum Gasteiger partial charge on any atom is 0.231 e. The molecule has 0 bridgehead atoms. The van der Waals surface area contributed by atoms with E-state index in [1.54, 1.807) is 0 Å². The molecular weight excluding hydrogens is 188 g/mol. The molecule has 0 aromatic heterocycles. The van der Waals surface area contributed by atoms with Crippen LogP contribution in [0.3, 0.4) is 0 Å². The number of anilines is 1. The highest BCUT2D eigenvalue weighted by atomic mass is 16.2. The number of fused-ring (bicyclic) bond motifs is 1. The van der Waals surface area contributed by atoms with Gasteiger partial charge in [-0.25, -0.2) is 0 Å². The molecule has 3 nitrogen and oxygen atoms in total. The van der Waals surface area contributed by atoms with Crippen molar-refractivity contribution < 1.29 is 4.79 Å². The van der Waals surface area contributed by atoms with Crippen LogP contribution >= 0.6 is 0 Å². The normalized spacial score (nSPS) is 18.9. The summed E-state index contributed by atoms with van der Waals surface area (Å²) in [6, 6.07) is 4.12. The lowest BCUT2D eigenvalue weighted by Crippen LogP contribution is -2.08. The molecule has 1 aromatic carbocycles. The molecule has 1 heterocycles. The van der Waals surface area contributed by atoms with Crippen LogP contribution in [0.15, 0.2) is 12.1 Å². The van der Waals surface area contributed by atoms with Crippen LogP contribution in [-0.4, -0.2) is 5.91 Å². The van der Waals surface area contributed by atoms with Gasteiger partial charge >= 0.3 is 0 Å². The van der Waals surface area contributed by atoms with Crippen molar-refractivity contribution in [2.75, 3.05) is 5.32 Å². The van der Waals surface area contributed by atoms with E-state index in [4.69, 9.17) is 5.73 Å². The van der Waals surface area contributed by atoms with E-state index in [1.807, 2.05) is 13.0 Å². The Hall–Kier alpha value is -1.35. The molecule has 1 aromatic rings. The molecule has 0 radical (unpaired) electrons. The summed E-state index contributed by atoms with van der Waals surface area (Å²) >= 11 is 0. The van der Waals surface area contributed by atoms with Crippen LogP contribution in [0.4, 0.5) is 5.69 Å². The molecule has 1 unspecified atom stereocenters. The first-order valence-corrected chi connectivity index (χ1v) is 5.34. The van der Waals surface area contributed by atoms with Gasteiger partial charge in [0.15, 0.2) is 0 Å². The first-order valence-electron chi connectivity index (χ1n) is 5.34. The second kappa shape index (κ2) is 3.66. The maximum absolute atomic E-state index is 11.6. The lowest BCUT2D eigenvalue weighted by molar-refractivity contribution is -0.116. The summed E-state index contributed by atoms with van der Waals surface area (Å²) in [5, 5.41) is 2.94. The van der Waals surface area contributed by atoms with E-state index < -0.39 is 0 Å². The van der Waals surface area contributed by atoms with Crippen molar-refractivity contribution in [3.63, 3.8) is 0 Å². The predicted molar refractivity (Wildman–Crippen MR) is 60.8 cm³/mol. The number of carbonyl (C=O) groups excluding carboxylic acids is 1. The van der Waals surface area contributed by atoms with Gasteiger partial charge < -0.3 is 11.1 Å². The molecule has 80 valence electrons. The molecule has 0 spiro atoms. The third-order valence-electron chi connectivity index (χ3n) is 3.03. The van der Waals surface area contributed by atoms with Gasteiger partial charge in [-0.3, -0.25) is 4.79 Å². The fourth-order valence-corrected chi connectivity index (χ4v) is 2.06. The maximum atomic E-state index is 11.6. The van der Waals surface area contributed by atoms with Crippen molar-refractivity contribution in [2.45, 2.75) is 32.7 Å². The van der Waals surface area contributed by atoms with Gasteiger partial charge in [0.25, 0.3) is 0 Å². The molecule has 2 rings (SSSR count). The summed E-state index contributed by atoms with van der Waals surface area (Å²) in [6.07, 6.45) is 0.920. The molecule has 1 amide bonds. The summed E-state index contributed by atoms with van der Waals surface area (Å²) in [4.78, 5) is 11.6. The third kappa shape index (κ3) is 1.53. The summed E-state index contributed by atoms with van der Waals surface area (Å²) in [5.74, 6) is 0.0469. The van der Waals surface area contributed by atoms with E-state index >= 15 is 0 Å². The van der Waals surface area contributed by atoms with Gasteiger partial charge in [-0.05, 0) is 30.0 Å². The van der Waals surface area contributed by atoms with E-state index in [0.29, 0.717) is 6.54 Å². The molecule has 1 aliphatic heterocycles. The van der Waals surface area contributed by atoms with Gasteiger partial charge in [-0.2, -0.15) is 0 Å². The van der Waals surface area contributed by atoms with Crippen molar-refractivity contribution >= 4 is 11.6 Å². The second-order valence-corrected chi connectivity index (χ2v) is 3.99. The topological polar surface area (TPSA) is 55.1 Å². The smallest absolute Gasteiger partial charge is 0.231 e. The SMILES string of the molecule is CCc1cc(CN)cc2c1NC(=O)C2C. The minimum Gasteiger partial charge on any atom is -0.326 e. The monoisotopic (exact) mass is 204 g/mol. The van der Waals surface area contributed by atoms with Crippen LogP contribution in [0.25, 0.3) is 0 Å². The van der Waals surface area contributed by atoms with Crippen LogP contribution < -0.4 is 11.1 Å². The van der Waals surface area contributed by atoms with Gasteiger partial charge in [-0.1, -0.05) is 19.1 Å². The minimum absolute atomic E-state index is 0.0446. The molecule has 0 fully saturated rings. The predicted octanol–water partition coefficient (Wildman–Crippen LogP) is 1.76. The summed E-state index contributed by atoms with van der Waals surface area (Å²) in [7, 11) is 0. The van der Waals surface area contributed by atoms with Gasteiger partial charge in [0.2, 0.25) is 5.91 Å². The number of hydrogen-bond acceptors (Lipinski definition) is 2. The molecule has 3 N–H and O–H groups in total. The second-order valence-electron chi connectivity index (χ2n) is 3.99. The minimum atomic E-state index is -0.0446. The Morgan fingerprint density at radius 1 is 1.47 bits per heavy atom. The summed E-state index contributed by atoms with van der Waals surface area (Å²) in [5.41, 5.74) is 10.0. The number of aryl methyl sites for hydroxylation is 1. The fourth-order valence-electron chi connectivity index (χ4n) is 2.06. The van der Waals surface area contributed by atoms with Crippen LogP contribution in [0.1, 0.15) is 36.5 Å². The summed E-state index contributed by atoms with van der Waals surface area (Å²) < 4.78 is 0. The Kier molecular flexibility index (Phi) is 2.49. The number of amides is 1. The highest BCUT2D eigenvalue weighted by Crippen LogP contribution is 2.36. The zero-order chi connectivity index (χ0) is 11.0. The number of nitrogens with one attached hydrogen (secondary N) is 1. The summed E-state index contributed by atoms with van der Waals surface area (Å²) in [6.45, 7) is 4.55. The van der Waals surface area contributed by atoms with Crippen LogP contribution in [-0.2, 0) is 17.8 Å². The number of nitrogens with two attached hydrogens (primary N) is 1. The Labute approximate surface area is 89.7 Å². The van der Waals surface area contributed by atoms with Gasteiger partial charge in [0.05, 0.1) is 5.92 Å². The van der Waals surface area contributed by atoms with Crippen LogP contribution in [0, 0.1) is 0 Å². The van der Waals surface area contributed by atoms with E-state index in [0.717, 1.165) is 23.2 Å². The molecule has 3 heteroatoms. The average molecular weight is 204 g/mol. The molecule has 1 atom stereocenters. The highest BCUT2D eigenvalue weighted by molar-refractivity contribution is 6.03. The van der Waals surface area contributed by atoms with Crippen molar-refractivity contribution in [2.24, 2.45) is 5.73 Å². The Morgan fingerprint density at radius 3 is 2.80 bits per heavy atom. The Bertz CT molecular complexity index is 412. The van der Waals surface area contributed by atoms with E-state index in [1.165, 1.54) is 5.56 Å². The van der Waals surface area contributed by atoms with Crippen LogP contribution in [0.5, 0.6) is 0 Å². The average Bonchev–Trinajstić information content (AvgIpc) is 2.54. The molecule has 15 heavy (non-hydrogen) atoms. The number of hydrogen-bond donors (Lipinski definition) is 2. The molecule has 0 saturated carbocycles. The number of rotatable bonds is 2. The van der Waals surface area contributed by atoms with Crippen LogP contribution in [0.2, 0.25) is 0 Å². The zero-order valence-electron chi connectivity index (χ0n) is 9.13. The van der Waals surface area contributed by atoms with E-state index in [9.17, 15) is 4.79 Å². The molecule has 0 aliphatic carbocycles. The number of benzene rings is 1. The Balaban J connectivity index is 2.57. The lowest BCUT2D eigenvalue weighted by Gasteiger charge is -2.09. The fraction of sp³-hybridized carbons (Fsp3) is 0.417. The van der Waals surface area contributed by atoms with Gasteiger partial charge in [0, 0.05) is 12.2 Å². The third-order valence-corrected chi connectivity index (χ3v) is 3.03. The zero-order valence-corrected chi connectivity index (χ0v) is 9.13. The van der Waals surface area contributed by atoms with E-state index in [2.05, 4.69) is 18.3 Å². The number of carbonyl (C=O) groups is 1. The molecular formula is C12H16N2O. The lowest BCUT2D eigenvalue weighted by atomic mass is 9.96. The van der Waals surface area contributed by atoms with Crippen molar-refractivity contribution in [3.8, 4) is 0 Å². The highest BCUT2D eigenvalue weighted by Gasteiger charge is 2.28. The Morgan fingerprint density at radius 2 is 2.20 bits per heavy atom. The largest absolute Gasteiger partial charge is 0.326 e. The first kappa shape index (κ1) is 10.2. The van der Waals surface area contributed by atoms with Crippen molar-refractivity contribution in [3.05, 3.63) is 28.8 Å². The van der Waals surface area contributed by atoms with Crippen molar-refractivity contribution in [1.82, 2.24) is 0 Å². The van der Waals surface area contributed by atoms with Gasteiger partial charge in [0.1, 0.15) is 0 Å².